The van der Waals surface area contributed by atoms with Crippen LogP contribution in [0, 0.1) is 13.8 Å². The first kappa shape index (κ1) is 23.3. The number of anilines is 1. The first-order valence-corrected chi connectivity index (χ1v) is 11.0. The third kappa shape index (κ3) is 5.02. The van der Waals surface area contributed by atoms with Crippen LogP contribution in [0.5, 0.6) is 0 Å². The van der Waals surface area contributed by atoms with Crippen LogP contribution in [0.15, 0.2) is 60.9 Å². The third-order valence-corrected chi connectivity index (χ3v) is 6.01. The van der Waals surface area contributed by atoms with Gasteiger partial charge in [0.1, 0.15) is 0 Å². The molecule has 174 valence electrons. The molecule has 9 heteroatoms. The van der Waals surface area contributed by atoms with Crippen molar-refractivity contribution in [1.29, 1.82) is 0 Å². The summed E-state index contributed by atoms with van der Waals surface area (Å²) in [4.78, 5) is 24.8. The Bertz CT molecular complexity index is 1360. The number of esters is 1. The first-order chi connectivity index (χ1) is 16.4. The lowest BCUT2D eigenvalue weighted by molar-refractivity contribution is 0.0599. The largest absolute Gasteiger partial charge is 0.465 e. The van der Waals surface area contributed by atoms with E-state index in [0.717, 1.165) is 22.5 Å². The summed E-state index contributed by atoms with van der Waals surface area (Å²) in [6.07, 6.45) is 3.29. The van der Waals surface area contributed by atoms with Crippen LogP contribution in [0.2, 0.25) is 5.02 Å². The quantitative estimate of drug-likeness (QED) is 0.396. The summed E-state index contributed by atoms with van der Waals surface area (Å²) < 4.78 is 8.32. The zero-order valence-electron chi connectivity index (χ0n) is 19.1. The lowest BCUT2D eigenvalue weighted by atomic mass is 10.1. The molecule has 2 heterocycles. The molecule has 1 N–H and O–H groups in total. The van der Waals surface area contributed by atoms with Gasteiger partial charge in [0.05, 0.1) is 54.1 Å². The van der Waals surface area contributed by atoms with Crippen molar-refractivity contribution >= 4 is 29.2 Å². The summed E-state index contributed by atoms with van der Waals surface area (Å²) in [5.41, 5.74) is 4.92. The van der Waals surface area contributed by atoms with Gasteiger partial charge in [0.25, 0.3) is 5.91 Å². The van der Waals surface area contributed by atoms with Crippen LogP contribution in [-0.4, -0.2) is 38.5 Å². The molecular weight excluding hydrogens is 454 g/mol. The Morgan fingerprint density at radius 3 is 2.62 bits per heavy atom. The molecule has 0 saturated carbocycles. The number of nitrogens with zero attached hydrogens (tertiary/aromatic N) is 4. The lowest BCUT2D eigenvalue weighted by Crippen LogP contribution is -2.12. The van der Waals surface area contributed by atoms with Gasteiger partial charge in [0.15, 0.2) is 0 Å². The van der Waals surface area contributed by atoms with Gasteiger partial charge >= 0.3 is 5.97 Å². The average molecular weight is 478 g/mol. The summed E-state index contributed by atoms with van der Waals surface area (Å²) in [6, 6.07) is 14.5. The SMILES string of the molecule is COC(=O)c1ccccc1Cn1cc(NC(=O)c2cccc(Cn3nc(C)c(Cl)c3C)c2)cn1. The fourth-order valence-electron chi connectivity index (χ4n) is 3.67. The summed E-state index contributed by atoms with van der Waals surface area (Å²) >= 11 is 6.24. The Kier molecular flexibility index (Phi) is 6.79. The van der Waals surface area contributed by atoms with E-state index in [1.54, 1.807) is 35.3 Å². The standard InChI is InChI=1S/C25H24ClN5O3/c1-16-23(26)17(2)31(29-16)13-18-7-6-9-19(11-18)24(32)28-21-12-27-30(15-21)14-20-8-4-5-10-22(20)25(33)34-3/h4-12,15H,13-14H2,1-3H3,(H,28,32). The van der Waals surface area contributed by atoms with E-state index in [4.69, 9.17) is 16.3 Å². The molecule has 4 aromatic rings. The Hall–Kier alpha value is -3.91. The maximum atomic E-state index is 12.8. The number of carbonyl (C=O) groups excluding carboxylic acids is 2. The van der Waals surface area contributed by atoms with E-state index in [1.165, 1.54) is 7.11 Å². The van der Waals surface area contributed by atoms with Crippen molar-refractivity contribution in [3.05, 3.63) is 99.6 Å². The Morgan fingerprint density at radius 2 is 1.88 bits per heavy atom. The second kappa shape index (κ2) is 9.93. The van der Waals surface area contributed by atoms with Crippen LogP contribution < -0.4 is 5.32 Å². The van der Waals surface area contributed by atoms with Gasteiger partial charge in [0.2, 0.25) is 0 Å². The van der Waals surface area contributed by atoms with Crippen molar-refractivity contribution in [1.82, 2.24) is 19.6 Å². The maximum Gasteiger partial charge on any atom is 0.338 e. The highest BCUT2D eigenvalue weighted by Crippen LogP contribution is 2.20. The van der Waals surface area contributed by atoms with Crippen molar-refractivity contribution in [2.45, 2.75) is 26.9 Å². The number of aromatic nitrogens is 4. The minimum Gasteiger partial charge on any atom is -0.465 e. The summed E-state index contributed by atoms with van der Waals surface area (Å²) in [5, 5.41) is 12.3. The Balaban J connectivity index is 1.45. The minimum atomic E-state index is -0.404. The molecule has 1 amide bonds. The fourth-order valence-corrected chi connectivity index (χ4v) is 3.81. The van der Waals surface area contributed by atoms with Crippen LogP contribution in [0.4, 0.5) is 5.69 Å². The molecule has 0 atom stereocenters. The number of ether oxygens (including phenoxy) is 1. The van der Waals surface area contributed by atoms with E-state index < -0.39 is 5.97 Å². The van der Waals surface area contributed by atoms with E-state index >= 15 is 0 Å². The molecule has 0 aliphatic heterocycles. The normalized spacial score (nSPS) is 10.8. The molecule has 0 aliphatic carbocycles. The molecule has 34 heavy (non-hydrogen) atoms. The van der Waals surface area contributed by atoms with E-state index in [0.29, 0.717) is 34.9 Å². The van der Waals surface area contributed by atoms with Crippen molar-refractivity contribution in [2.24, 2.45) is 0 Å². The van der Waals surface area contributed by atoms with E-state index in [1.807, 2.05) is 48.9 Å². The predicted molar refractivity (Wildman–Crippen MR) is 129 cm³/mol. The summed E-state index contributed by atoms with van der Waals surface area (Å²) in [6.45, 7) is 4.66. The van der Waals surface area contributed by atoms with Crippen LogP contribution in [0.25, 0.3) is 0 Å². The topological polar surface area (TPSA) is 91.0 Å². The summed E-state index contributed by atoms with van der Waals surface area (Å²) in [7, 11) is 1.35. The zero-order valence-corrected chi connectivity index (χ0v) is 19.8. The highest BCUT2D eigenvalue weighted by Gasteiger charge is 2.14. The molecule has 0 spiro atoms. The van der Waals surface area contributed by atoms with E-state index in [2.05, 4.69) is 15.5 Å². The third-order valence-electron chi connectivity index (χ3n) is 5.46. The molecule has 8 nitrogen and oxygen atoms in total. The lowest BCUT2D eigenvalue weighted by Gasteiger charge is -2.08. The van der Waals surface area contributed by atoms with Crippen molar-refractivity contribution in [2.75, 3.05) is 12.4 Å². The van der Waals surface area contributed by atoms with E-state index in [9.17, 15) is 9.59 Å². The first-order valence-electron chi connectivity index (χ1n) is 10.6. The average Bonchev–Trinajstić information content (AvgIpc) is 3.38. The van der Waals surface area contributed by atoms with Gasteiger partial charge < -0.3 is 10.1 Å². The van der Waals surface area contributed by atoms with Gasteiger partial charge in [-0.3, -0.25) is 14.2 Å². The number of rotatable bonds is 7. The Labute approximate surface area is 202 Å². The van der Waals surface area contributed by atoms with Gasteiger partial charge in [-0.05, 0) is 43.2 Å². The Morgan fingerprint density at radius 1 is 1.09 bits per heavy atom. The van der Waals surface area contributed by atoms with Gasteiger partial charge in [-0.15, -0.1) is 0 Å². The molecule has 0 saturated heterocycles. The van der Waals surface area contributed by atoms with Gasteiger partial charge in [-0.25, -0.2) is 4.79 Å². The number of hydrogen-bond donors (Lipinski definition) is 1. The number of methoxy groups -OCH3 is 1. The molecule has 0 fully saturated rings. The van der Waals surface area contributed by atoms with Crippen LogP contribution in [0.1, 0.15) is 43.2 Å². The number of hydrogen-bond acceptors (Lipinski definition) is 5. The number of benzene rings is 2. The second-order valence-corrected chi connectivity index (χ2v) is 8.25. The summed E-state index contributed by atoms with van der Waals surface area (Å²) in [5.74, 6) is -0.651. The monoisotopic (exact) mass is 477 g/mol. The highest BCUT2D eigenvalue weighted by atomic mass is 35.5. The van der Waals surface area contributed by atoms with Crippen molar-refractivity contribution in [3.8, 4) is 0 Å². The van der Waals surface area contributed by atoms with Gasteiger partial charge in [0, 0.05) is 11.8 Å². The fraction of sp³-hybridized carbons (Fsp3) is 0.200. The molecule has 0 bridgehead atoms. The second-order valence-electron chi connectivity index (χ2n) is 7.87. The minimum absolute atomic E-state index is 0.247. The molecule has 0 aliphatic rings. The molecular formula is C25H24ClN5O3. The van der Waals surface area contributed by atoms with Gasteiger partial charge in [-0.2, -0.15) is 10.2 Å². The number of carbonyl (C=O) groups is 2. The molecule has 2 aromatic heterocycles. The maximum absolute atomic E-state index is 12.8. The smallest absolute Gasteiger partial charge is 0.338 e. The molecule has 0 unspecified atom stereocenters. The number of halogens is 1. The number of nitrogens with one attached hydrogen (secondary N) is 1. The van der Waals surface area contributed by atoms with Gasteiger partial charge in [-0.1, -0.05) is 41.9 Å². The molecule has 0 radical (unpaired) electrons. The van der Waals surface area contributed by atoms with E-state index in [-0.39, 0.29) is 5.91 Å². The number of amides is 1. The predicted octanol–water partition coefficient (Wildman–Crippen LogP) is 4.49. The highest BCUT2D eigenvalue weighted by molar-refractivity contribution is 6.31. The van der Waals surface area contributed by atoms with Crippen molar-refractivity contribution in [3.63, 3.8) is 0 Å². The molecule has 4 rings (SSSR count). The van der Waals surface area contributed by atoms with Crippen LogP contribution >= 0.6 is 11.6 Å². The zero-order chi connectivity index (χ0) is 24.2. The van der Waals surface area contributed by atoms with Crippen molar-refractivity contribution < 1.29 is 14.3 Å². The number of aryl methyl sites for hydroxylation is 1. The van der Waals surface area contributed by atoms with Crippen LogP contribution in [-0.2, 0) is 17.8 Å². The van der Waals surface area contributed by atoms with Crippen LogP contribution in [0.3, 0.4) is 0 Å². The molecule has 2 aromatic carbocycles.